The smallest absolute Gasteiger partial charge is 0.224 e. The van der Waals surface area contributed by atoms with Crippen molar-refractivity contribution in [2.75, 3.05) is 13.1 Å². The lowest BCUT2D eigenvalue weighted by Crippen LogP contribution is -2.37. The van der Waals surface area contributed by atoms with Gasteiger partial charge in [0, 0.05) is 6.54 Å². The minimum absolute atomic E-state index is 0.559. The van der Waals surface area contributed by atoms with Gasteiger partial charge in [0.15, 0.2) is 0 Å². The van der Waals surface area contributed by atoms with Gasteiger partial charge in [0.25, 0.3) is 0 Å². The first kappa shape index (κ1) is 9.17. The number of carbonyl (C=O) groups is 1. The van der Waals surface area contributed by atoms with Gasteiger partial charge in [-0.3, -0.25) is 9.80 Å². The van der Waals surface area contributed by atoms with Crippen LogP contribution < -0.4 is 5.43 Å². The summed E-state index contributed by atoms with van der Waals surface area (Å²) in [5, 5.41) is 1.47. The fourth-order valence-corrected chi connectivity index (χ4v) is 0.539. The highest BCUT2D eigenvalue weighted by Gasteiger charge is 1.93. The molecule has 0 heterocycles. The van der Waals surface area contributed by atoms with E-state index in [0.29, 0.717) is 6.54 Å². The standard InChI is InChI=1S/C7H14N2O/c1-3-5-8-9(7-10)6-4-2/h4,7-8H,2-3,5-6H2,1H3. The summed E-state index contributed by atoms with van der Waals surface area (Å²) < 4.78 is 0. The Morgan fingerprint density at radius 2 is 2.40 bits per heavy atom. The van der Waals surface area contributed by atoms with Gasteiger partial charge in [-0.1, -0.05) is 13.0 Å². The Morgan fingerprint density at radius 1 is 1.70 bits per heavy atom. The van der Waals surface area contributed by atoms with Crippen LogP contribution in [0, 0.1) is 0 Å². The Morgan fingerprint density at radius 3 is 2.80 bits per heavy atom. The van der Waals surface area contributed by atoms with Crippen molar-refractivity contribution in [3.8, 4) is 0 Å². The Labute approximate surface area is 61.7 Å². The molecule has 0 aromatic carbocycles. The molecule has 0 atom stereocenters. The Hall–Kier alpha value is -0.830. The molecule has 0 aliphatic heterocycles. The minimum atomic E-state index is 0.559. The second kappa shape index (κ2) is 6.29. The quantitative estimate of drug-likeness (QED) is 0.333. The summed E-state index contributed by atoms with van der Waals surface area (Å²) in [4.78, 5) is 10.2. The van der Waals surface area contributed by atoms with Crippen LogP contribution in [0.2, 0.25) is 0 Å². The second-order valence-corrected chi connectivity index (χ2v) is 1.95. The maximum Gasteiger partial charge on any atom is 0.224 e. The monoisotopic (exact) mass is 142 g/mol. The van der Waals surface area contributed by atoms with Crippen LogP contribution in [-0.2, 0) is 4.79 Å². The van der Waals surface area contributed by atoms with E-state index in [1.54, 1.807) is 6.08 Å². The van der Waals surface area contributed by atoms with Gasteiger partial charge in [-0.2, -0.15) is 0 Å². The lowest BCUT2D eigenvalue weighted by Gasteiger charge is -2.15. The highest BCUT2D eigenvalue weighted by atomic mass is 16.1. The van der Waals surface area contributed by atoms with Crippen molar-refractivity contribution in [1.29, 1.82) is 0 Å². The molecule has 1 amide bonds. The largest absolute Gasteiger partial charge is 0.277 e. The molecule has 0 saturated carbocycles. The van der Waals surface area contributed by atoms with Crippen molar-refractivity contribution in [1.82, 2.24) is 10.4 Å². The average molecular weight is 142 g/mol. The van der Waals surface area contributed by atoms with Crippen LogP contribution in [0.1, 0.15) is 13.3 Å². The Kier molecular flexibility index (Phi) is 5.77. The van der Waals surface area contributed by atoms with E-state index in [4.69, 9.17) is 0 Å². The lowest BCUT2D eigenvalue weighted by molar-refractivity contribution is -0.120. The predicted octanol–water partition coefficient (Wildman–Crippen LogP) is 0.545. The van der Waals surface area contributed by atoms with Crippen LogP contribution in [0.15, 0.2) is 12.7 Å². The van der Waals surface area contributed by atoms with Gasteiger partial charge in [0.1, 0.15) is 0 Å². The van der Waals surface area contributed by atoms with Crippen molar-refractivity contribution in [2.45, 2.75) is 13.3 Å². The maximum atomic E-state index is 10.2. The molecule has 3 nitrogen and oxygen atoms in total. The molecular formula is C7H14N2O. The van der Waals surface area contributed by atoms with Crippen LogP contribution in [0.4, 0.5) is 0 Å². The number of rotatable bonds is 6. The topological polar surface area (TPSA) is 32.3 Å². The predicted molar refractivity (Wildman–Crippen MR) is 41.3 cm³/mol. The molecular weight excluding hydrogens is 128 g/mol. The maximum absolute atomic E-state index is 10.2. The van der Waals surface area contributed by atoms with E-state index in [1.165, 1.54) is 5.01 Å². The van der Waals surface area contributed by atoms with Crippen molar-refractivity contribution in [2.24, 2.45) is 0 Å². The van der Waals surface area contributed by atoms with E-state index in [2.05, 4.69) is 12.0 Å². The van der Waals surface area contributed by atoms with Gasteiger partial charge in [-0.05, 0) is 6.42 Å². The van der Waals surface area contributed by atoms with Crippen molar-refractivity contribution in [3.63, 3.8) is 0 Å². The van der Waals surface area contributed by atoms with Gasteiger partial charge in [-0.25, -0.2) is 5.43 Å². The molecule has 0 unspecified atom stereocenters. The molecule has 0 aliphatic carbocycles. The summed E-state index contributed by atoms with van der Waals surface area (Å²) >= 11 is 0. The number of hydrogen-bond donors (Lipinski definition) is 1. The average Bonchev–Trinajstić information content (AvgIpc) is 1.98. The number of hydrogen-bond acceptors (Lipinski definition) is 2. The lowest BCUT2D eigenvalue weighted by atomic mass is 10.5. The summed E-state index contributed by atoms with van der Waals surface area (Å²) in [6.07, 6.45) is 3.45. The zero-order chi connectivity index (χ0) is 7.82. The normalized spacial score (nSPS) is 8.90. The van der Waals surface area contributed by atoms with Crippen molar-refractivity contribution >= 4 is 6.41 Å². The molecule has 0 aliphatic rings. The third-order valence-electron chi connectivity index (χ3n) is 1.02. The molecule has 0 fully saturated rings. The first-order valence-corrected chi connectivity index (χ1v) is 3.41. The minimum Gasteiger partial charge on any atom is -0.277 e. The zero-order valence-electron chi connectivity index (χ0n) is 6.34. The number of nitrogens with one attached hydrogen (secondary N) is 1. The van der Waals surface area contributed by atoms with E-state index in [0.717, 1.165) is 19.4 Å². The molecule has 10 heavy (non-hydrogen) atoms. The Bertz CT molecular complexity index is 104. The van der Waals surface area contributed by atoms with E-state index >= 15 is 0 Å². The fourth-order valence-electron chi connectivity index (χ4n) is 0.539. The summed E-state index contributed by atoms with van der Waals surface area (Å²) in [7, 11) is 0. The first-order valence-electron chi connectivity index (χ1n) is 3.41. The number of amides is 1. The summed E-state index contributed by atoms with van der Waals surface area (Å²) in [6.45, 7) is 6.95. The number of carbonyl (C=O) groups excluding carboxylic acids is 1. The number of nitrogens with zero attached hydrogens (tertiary/aromatic N) is 1. The van der Waals surface area contributed by atoms with E-state index in [9.17, 15) is 4.79 Å². The zero-order valence-corrected chi connectivity index (χ0v) is 6.34. The van der Waals surface area contributed by atoms with Gasteiger partial charge >= 0.3 is 0 Å². The van der Waals surface area contributed by atoms with E-state index in [1.807, 2.05) is 6.92 Å². The van der Waals surface area contributed by atoms with E-state index < -0.39 is 0 Å². The third-order valence-corrected chi connectivity index (χ3v) is 1.02. The van der Waals surface area contributed by atoms with Gasteiger partial charge < -0.3 is 0 Å². The van der Waals surface area contributed by atoms with Crippen LogP contribution in [0.25, 0.3) is 0 Å². The van der Waals surface area contributed by atoms with Gasteiger partial charge in [0.05, 0.1) is 6.54 Å². The molecule has 0 aromatic rings. The molecule has 0 spiro atoms. The van der Waals surface area contributed by atoms with Crippen LogP contribution in [-0.4, -0.2) is 24.5 Å². The van der Waals surface area contributed by atoms with Crippen LogP contribution >= 0.6 is 0 Å². The molecule has 0 aromatic heterocycles. The van der Waals surface area contributed by atoms with Gasteiger partial charge in [0.2, 0.25) is 6.41 Å². The highest BCUT2D eigenvalue weighted by Crippen LogP contribution is 1.77. The van der Waals surface area contributed by atoms with Crippen molar-refractivity contribution < 1.29 is 4.79 Å². The first-order chi connectivity index (χ1) is 4.85. The third kappa shape index (κ3) is 4.09. The molecule has 1 N–H and O–H groups in total. The molecule has 0 radical (unpaired) electrons. The number of hydrazine groups is 1. The van der Waals surface area contributed by atoms with Gasteiger partial charge in [-0.15, -0.1) is 6.58 Å². The van der Waals surface area contributed by atoms with E-state index in [-0.39, 0.29) is 0 Å². The molecule has 3 heteroatoms. The summed E-state index contributed by atoms with van der Waals surface area (Å²) in [6, 6.07) is 0. The fraction of sp³-hybridized carbons (Fsp3) is 0.571. The molecule has 0 rings (SSSR count). The SMILES string of the molecule is C=CCN(C=O)NCCC. The summed E-state index contributed by atoms with van der Waals surface area (Å²) in [5.74, 6) is 0. The second-order valence-electron chi connectivity index (χ2n) is 1.95. The molecule has 0 bridgehead atoms. The Balaban J connectivity index is 3.38. The molecule has 58 valence electrons. The van der Waals surface area contributed by atoms with Crippen LogP contribution in [0.3, 0.4) is 0 Å². The highest BCUT2D eigenvalue weighted by molar-refractivity contribution is 5.46. The van der Waals surface area contributed by atoms with Crippen molar-refractivity contribution in [3.05, 3.63) is 12.7 Å². The van der Waals surface area contributed by atoms with Crippen LogP contribution in [0.5, 0.6) is 0 Å². The molecule has 0 saturated heterocycles. The summed E-state index contributed by atoms with van der Waals surface area (Å²) in [5.41, 5.74) is 2.91.